The van der Waals surface area contributed by atoms with Crippen LogP contribution in [0.15, 0.2) is 146 Å². The van der Waals surface area contributed by atoms with Crippen molar-refractivity contribution in [2.75, 3.05) is 14.1 Å². The summed E-state index contributed by atoms with van der Waals surface area (Å²) < 4.78 is 12.5. The van der Waals surface area contributed by atoms with Gasteiger partial charge in [-0.05, 0) is 106 Å². The molecule has 2 amide bonds. The molecular formula is C46H40Cl4N4O6. The molecule has 8 atom stereocenters. The summed E-state index contributed by atoms with van der Waals surface area (Å²) in [5.74, 6) is -0.603. The fourth-order valence-electron chi connectivity index (χ4n) is 7.50. The van der Waals surface area contributed by atoms with Crippen molar-refractivity contribution in [2.24, 2.45) is 0 Å². The molecule has 308 valence electrons. The molecule has 2 N–H and O–H groups in total. The molecule has 10 nitrogen and oxygen atoms in total. The zero-order valence-electron chi connectivity index (χ0n) is 32.3. The molecule has 4 aromatic carbocycles. The Bertz CT molecular complexity index is 2190. The number of halogens is 4. The maximum Gasteiger partial charge on any atom is 0.255 e. The molecule has 2 aliphatic heterocycles. The highest BCUT2D eigenvalue weighted by atomic mass is 35.5. The summed E-state index contributed by atoms with van der Waals surface area (Å²) in [7, 11) is 3.44. The van der Waals surface area contributed by atoms with E-state index in [1.165, 1.54) is 0 Å². The number of aliphatic hydroxyl groups is 2. The number of carbonyl (C=O) groups excluding carboxylic acids is 2. The third-order valence-corrected chi connectivity index (χ3v) is 11.7. The molecule has 0 saturated carbocycles. The molecule has 0 spiro atoms. The molecular weight excluding hydrogens is 846 g/mol. The van der Waals surface area contributed by atoms with Crippen molar-refractivity contribution in [1.29, 1.82) is 0 Å². The van der Waals surface area contributed by atoms with E-state index in [9.17, 15) is 19.8 Å². The third kappa shape index (κ3) is 9.52. The molecule has 2 saturated heterocycles. The normalized spacial score (nSPS) is 22.7. The number of ether oxygens (including phenoxy) is 2. The maximum absolute atomic E-state index is 13.2. The number of hydrogen-bond acceptors (Lipinski definition) is 8. The van der Waals surface area contributed by atoms with E-state index in [0.29, 0.717) is 31.2 Å². The van der Waals surface area contributed by atoms with E-state index in [2.05, 4.69) is 9.97 Å². The van der Waals surface area contributed by atoms with Crippen molar-refractivity contribution in [3.05, 3.63) is 200 Å². The van der Waals surface area contributed by atoms with Crippen LogP contribution < -0.4 is 0 Å². The number of morpholine rings is 2. The first kappa shape index (κ1) is 43.2. The SMILES string of the molecule is CN1C(=O)[C@@H](C(O)c2ccncc2)O[C@H](c2ccc(Cl)cc2)C1c1ccc(Cl)cc1.CN1C(=O)[C@H](C(O)c2ccncc2)O[C@@H](c2ccc(Cl)cc2)C1c1ccc(Cl)cc1. The van der Waals surface area contributed by atoms with E-state index < -0.39 is 48.7 Å². The average Bonchev–Trinajstić information content (AvgIpc) is 3.27. The number of carbonyl (C=O) groups is 2. The van der Waals surface area contributed by atoms with Crippen molar-refractivity contribution in [3.8, 4) is 0 Å². The van der Waals surface area contributed by atoms with Gasteiger partial charge in [0.2, 0.25) is 0 Å². The lowest BCUT2D eigenvalue weighted by Crippen LogP contribution is -2.51. The van der Waals surface area contributed by atoms with Crippen LogP contribution >= 0.6 is 46.4 Å². The van der Waals surface area contributed by atoms with Crippen LogP contribution in [0.3, 0.4) is 0 Å². The van der Waals surface area contributed by atoms with Gasteiger partial charge < -0.3 is 29.5 Å². The number of benzene rings is 4. The van der Waals surface area contributed by atoms with Gasteiger partial charge in [0.15, 0.2) is 12.2 Å². The summed E-state index contributed by atoms with van der Waals surface area (Å²) in [5.41, 5.74) is 4.60. The topological polar surface area (TPSA) is 125 Å². The largest absolute Gasteiger partial charge is 0.385 e. The third-order valence-electron chi connectivity index (χ3n) is 10.7. The highest BCUT2D eigenvalue weighted by molar-refractivity contribution is 6.31. The Morgan fingerprint density at radius 3 is 1.02 bits per heavy atom. The number of likely N-dealkylation sites (N-methyl/N-ethyl adjacent to an activating group) is 2. The van der Waals surface area contributed by atoms with E-state index in [1.54, 1.807) is 121 Å². The van der Waals surface area contributed by atoms with Gasteiger partial charge in [0.25, 0.3) is 11.8 Å². The van der Waals surface area contributed by atoms with E-state index in [1.807, 2.05) is 48.5 Å². The summed E-state index contributed by atoms with van der Waals surface area (Å²) in [5, 5.41) is 24.2. The molecule has 14 heteroatoms. The molecule has 0 bridgehead atoms. The smallest absolute Gasteiger partial charge is 0.255 e. The summed E-state index contributed by atoms with van der Waals surface area (Å²) in [6, 6.07) is 35.2. The number of pyridine rings is 2. The van der Waals surface area contributed by atoms with Crippen LogP contribution in [0.25, 0.3) is 0 Å². The molecule has 8 rings (SSSR count). The predicted molar refractivity (Wildman–Crippen MR) is 230 cm³/mol. The lowest BCUT2D eigenvalue weighted by Gasteiger charge is -2.44. The van der Waals surface area contributed by atoms with Gasteiger partial charge in [0, 0.05) is 59.0 Å². The van der Waals surface area contributed by atoms with Gasteiger partial charge in [-0.15, -0.1) is 0 Å². The monoisotopic (exact) mass is 884 g/mol. The Kier molecular flexibility index (Phi) is 13.8. The Hall–Kier alpha value is -4.88. The van der Waals surface area contributed by atoms with Gasteiger partial charge in [0.1, 0.15) is 24.4 Å². The Balaban J connectivity index is 0.000000181. The highest BCUT2D eigenvalue weighted by Crippen LogP contribution is 2.45. The van der Waals surface area contributed by atoms with Gasteiger partial charge in [-0.2, -0.15) is 0 Å². The Labute approximate surface area is 367 Å². The molecule has 2 aromatic heterocycles. The van der Waals surface area contributed by atoms with Gasteiger partial charge in [-0.3, -0.25) is 19.6 Å². The lowest BCUT2D eigenvalue weighted by molar-refractivity contribution is -0.186. The van der Waals surface area contributed by atoms with Crippen molar-refractivity contribution in [2.45, 2.75) is 48.7 Å². The summed E-state index contributed by atoms with van der Waals surface area (Å²) in [6.07, 6.45) is 0.924. The Morgan fingerprint density at radius 2 is 0.733 bits per heavy atom. The number of amides is 2. The molecule has 2 fully saturated rings. The van der Waals surface area contributed by atoms with Gasteiger partial charge in [-0.1, -0.05) is 94.9 Å². The molecule has 2 aliphatic rings. The minimum atomic E-state index is -1.12. The van der Waals surface area contributed by atoms with Gasteiger partial charge >= 0.3 is 0 Å². The molecule has 0 aliphatic carbocycles. The van der Waals surface area contributed by atoms with Crippen LogP contribution in [0, 0.1) is 0 Å². The standard InChI is InChI=1S/2C23H20Cl2N2O3/c2*1-27-19(14-2-6-17(24)7-3-14)21(16-4-8-18(25)9-5-16)30-22(23(27)29)20(28)15-10-12-26-13-11-15/h2*2-13,19-22,28H,1H3/t2*19?,20?,21-,22-/m10/s1. The predicted octanol–water partition coefficient (Wildman–Crippen LogP) is 9.52. The van der Waals surface area contributed by atoms with Gasteiger partial charge in [-0.25, -0.2) is 0 Å². The van der Waals surface area contributed by atoms with E-state index >= 15 is 0 Å². The zero-order valence-corrected chi connectivity index (χ0v) is 35.3. The van der Waals surface area contributed by atoms with E-state index in [-0.39, 0.29) is 11.8 Å². The lowest BCUT2D eigenvalue weighted by atomic mass is 9.90. The minimum Gasteiger partial charge on any atom is -0.385 e. The Morgan fingerprint density at radius 1 is 0.467 bits per heavy atom. The number of nitrogens with zero attached hydrogens (tertiary/aromatic N) is 4. The molecule has 4 unspecified atom stereocenters. The van der Waals surface area contributed by atoms with Crippen molar-refractivity contribution in [1.82, 2.24) is 19.8 Å². The second kappa shape index (κ2) is 19.2. The highest BCUT2D eigenvalue weighted by Gasteiger charge is 2.47. The first-order chi connectivity index (χ1) is 28.9. The fraction of sp³-hybridized carbons (Fsp3) is 0.217. The van der Waals surface area contributed by atoms with Crippen LogP contribution in [0.2, 0.25) is 20.1 Å². The second-order valence-corrected chi connectivity index (χ2v) is 16.1. The minimum absolute atomic E-state index is 0.301. The van der Waals surface area contributed by atoms with Crippen molar-refractivity contribution < 1.29 is 29.3 Å². The zero-order chi connectivity index (χ0) is 42.5. The first-order valence-corrected chi connectivity index (χ1v) is 20.4. The molecule has 4 heterocycles. The van der Waals surface area contributed by atoms with E-state index in [0.717, 1.165) is 22.3 Å². The molecule has 60 heavy (non-hydrogen) atoms. The van der Waals surface area contributed by atoms with Crippen LogP contribution in [-0.4, -0.2) is 68.1 Å². The van der Waals surface area contributed by atoms with Crippen molar-refractivity contribution >= 4 is 58.2 Å². The quantitative estimate of drug-likeness (QED) is 0.155. The first-order valence-electron chi connectivity index (χ1n) is 18.9. The van der Waals surface area contributed by atoms with Crippen LogP contribution in [0.1, 0.15) is 69.9 Å². The molecule has 0 radical (unpaired) electrons. The average molecular weight is 887 g/mol. The number of rotatable bonds is 8. The number of hydrogen-bond donors (Lipinski definition) is 2. The summed E-state index contributed by atoms with van der Waals surface area (Å²) >= 11 is 24.2. The fourth-order valence-corrected chi connectivity index (χ4v) is 8.00. The van der Waals surface area contributed by atoms with Crippen molar-refractivity contribution in [3.63, 3.8) is 0 Å². The maximum atomic E-state index is 13.2. The van der Waals surface area contributed by atoms with Crippen LogP contribution in [-0.2, 0) is 19.1 Å². The van der Waals surface area contributed by atoms with Crippen LogP contribution in [0.5, 0.6) is 0 Å². The number of aromatic nitrogens is 2. The summed E-state index contributed by atoms with van der Waals surface area (Å²) in [4.78, 5) is 37.6. The number of aliphatic hydroxyl groups excluding tert-OH is 2. The van der Waals surface area contributed by atoms with E-state index in [4.69, 9.17) is 55.9 Å². The molecule has 6 aromatic rings. The summed E-state index contributed by atoms with van der Waals surface area (Å²) in [6.45, 7) is 0. The van der Waals surface area contributed by atoms with Gasteiger partial charge in [0.05, 0.1) is 12.1 Å². The second-order valence-electron chi connectivity index (χ2n) is 14.4. The van der Waals surface area contributed by atoms with Crippen LogP contribution in [0.4, 0.5) is 0 Å².